The van der Waals surface area contributed by atoms with Gasteiger partial charge in [-0.3, -0.25) is 9.69 Å². The quantitative estimate of drug-likeness (QED) is 0.820. The minimum atomic E-state index is -0.0650. The van der Waals surface area contributed by atoms with Gasteiger partial charge in [0.15, 0.2) is 0 Å². The van der Waals surface area contributed by atoms with Crippen LogP contribution in [0.3, 0.4) is 0 Å². The van der Waals surface area contributed by atoms with Crippen LogP contribution in [0, 0.1) is 0 Å². The second kappa shape index (κ2) is 10.1. The molecule has 0 unspecified atom stereocenters. The van der Waals surface area contributed by atoms with Crippen LogP contribution in [0.2, 0.25) is 0 Å². The second-order valence-corrected chi connectivity index (χ2v) is 7.66. The van der Waals surface area contributed by atoms with Crippen molar-refractivity contribution in [3.63, 3.8) is 0 Å². The predicted octanol–water partition coefficient (Wildman–Crippen LogP) is 2.71. The van der Waals surface area contributed by atoms with Gasteiger partial charge in [0.2, 0.25) is 5.91 Å². The number of carbonyl (C=O) groups excluding carboxylic acids is 2. The lowest BCUT2D eigenvalue weighted by atomic mass is 10.1. The summed E-state index contributed by atoms with van der Waals surface area (Å²) >= 11 is 0. The molecular weight excluding hydrogens is 364 g/mol. The number of carbonyl (C=O) groups is 2. The summed E-state index contributed by atoms with van der Waals surface area (Å²) < 4.78 is 0. The Morgan fingerprint density at radius 3 is 2.17 bits per heavy atom. The van der Waals surface area contributed by atoms with Gasteiger partial charge in [0, 0.05) is 52.5 Å². The Morgan fingerprint density at radius 1 is 0.897 bits per heavy atom. The first-order valence-corrected chi connectivity index (χ1v) is 10.1. The fourth-order valence-corrected chi connectivity index (χ4v) is 3.35. The summed E-state index contributed by atoms with van der Waals surface area (Å²) in [6.45, 7) is 4.27. The highest BCUT2D eigenvalue weighted by atomic mass is 16.2. The Labute approximate surface area is 173 Å². The molecule has 2 aromatic rings. The third-order valence-corrected chi connectivity index (χ3v) is 5.28. The van der Waals surface area contributed by atoms with Gasteiger partial charge in [0.1, 0.15) is 0 Å². The molecule has 0 aliphatic carbocycles. The van der Waals surface area contributed by atoms with Gasteiger partial charge in [-0.2, -0.15) is 0 Å². The van der Waals surface area contributed by atoms with E-state index >= 15 is 0 Å². The van der Waals surface area contributed by atoms with Gasteiger partial charge < -0.3 is 15.1 Å². The highest BCUT2D eigenvalue weighted by Gasteiger charge is 2.21. The zero-order valence-corrected chi connectivity index (χ0v) is 17.3. The molecule has 3 amide bonds. The molecule has 0 aromatic heterocycles. The van der Waals surface area contributed by atoms with Crippen molar-refractivity contribution in [1.29, 1.82) is 0 Å². The van der Waals surface area contributed by atoms with Crippen molar-refractivity contribution in [2.24, 2.45) is 0 Å². The topological polar surface area (TPSA) is 55.9 Å². The minimum Gasteiger partial charge on any atom is -0.349 e. The molecule has 154 valence electrons. The maximum atomic E-state index is 12.5. The number of nitrogens with zero attached hydrogens (tertiary/aromatic N) is 3. The fraction of sp³-hybridized carbons (Fsp3) is 0.391. The zero-order chi connectivity index (χ0) is 20.6. The number of piperazine rings is 1. The average Bonchev–Trinajstić information content (AvgIpc) is 2.74. The summed E-state index contributed by atoms with van der Waals surface area (Å²) in [6, 6.07) is 17.9. The Hall–Kier alpha value is -2.86. The molecule has 0 bridgehead atoms. The number of amides is 3. The molecule has 6 heteroatoms. The molecule has 3 rings (SSSR count). The van der Waals surface area contributed by atoms with E-state index in [0.29, 0.717) is 6.42 Å². The number of hydrogen-bond acceptors (Lipinski definition) is 3. The van der Waals surface area contributed by atoms with Crippen molar-refractivity contribution < 1.29 is 9.59 Å². The molecule has 0 saturated carbocycles. The van der Waals surface area contributed by atoms with E-state index in [4.69, 9.17) is 0 Å². The highest BCUT2D eigenvalue weighted by Crippen LogP contribution is 2.13. The summed E-state index contributed by atoms with van der Waals surface area (Å²) in [7, 11) is 3.50. The summed E-state index contributed by atoms with van der Waals surface area (Å²) in [5.41, 5.74) is 3.04. The van der Waals surface area contributed by atoms with Crippen LogP contribution in [0.1, 0.15) is 11.1 Å². The van der Waals surface area contributed by atoms with Crippen LogP contribution in [-0.2, 0) is 17.6 Å². The molecule has 1 aliphatic rings. The molecule has 1 heterocycles. The smallest absolute Gasteiger partial charge is 0.321 e. The molecular formula is C23H30N4O2. The molecule has 1 N–H and O–H groups in total. The van der Waals surface area contributed by atoms with Crippen LogP contribution >= 0.6 is 0 Å². The van der Waals surface area contributed by atoms with E-state index < -0.39 is 0 Å². The highest BCUT2D eigenvalue weighted by molar-refractivity contribution is 5.89. The van der Waals surface area contributed by atoms with E-state index in [0.717, 1.165) is 50.4 Å². The summed E-state index contributed by atoms with van der Waals surface area (Å²) in [6.07, 6.45) is 1.40. The number of anilines is 1. The number of nitrogens with one attached hydrogen (secondary N) is 1. The molecule has 29 heavy (non-hydrogen) atoms. The monoisotopic (exact) mass is 394 g/mol. The largest absolute Gasteiger partial charge is 0.349 e. The molecule has 1 aliphatic heterocycles. The lowest BCUT2D eigenvalue weighted by Crippen LogP contribution is -2.50. The maximum absolute atomic E-state index is 12.5. The Kier molecular flexibility index (Phi) is 7.25. The van der Waals surface area contributed by atoms with Gasteiger partial charge in [-0.25, -0.2) is 4.79 Å². The summed E-state index contributed by atoms with van der Waals surface area (Å²) in [5, 5.41) is 2.96. The van der Waals surface area contributed by atoms with E-state index in [2.05, 4.69) is 34.5 Å². The molecule has 0 spiro atoms. The molecule has 1 saturated heterocycles. The van der Waals surface area contributed by atoms with Gasteiger partial charge in [-0.1, -0.05) is 42.5 Å². The first kappa shape index (κ1) is 20.9. The Morgan fingerprint density at radius 2 is 1.55 bits per heavy atom. The first-order valence-electron chi connectivity index (χ1n) is 10.1. The predicted molar refractivity (Wildman–Crippen MR) is 116 cm³/mol. The summed E-state index contributed by atoms with van der Waals surface area (Å²) in [4.78, 5) is 30.2. The lowest BCUT2D eigenvalue weighted by molar-refractivity contribution is -0.127. The van der Waals surface area contributed by atoms with Gasteiger partial charge in [0.05, 0.1) is 6.42 Å². The van der Waals surface area contributed by atoms with Crippen molar-refractivity contribution in [3.8, 4) is 0 Å². The third kappa shape index (κ3) is 6.32. The Bertz CT molecular complexity index is 797. The van der Waals surface area contributed by atoms with Crippen LogP contribution in [0.4, 0.5) is 10.5 Å². The maximum Gasteiger partial charge on any atom is 0.321 e. The number of hydrogen-bond donors (Lipinski definition) is 1. The van der Waals surface area contributed by atoms with E-state index in [1.165, 1.54) is 5.56 Å². The zero-order valence-electron chi connectivity index (χ0n) is 17.3. The first-order chi connectivity index (χ1) is 14.0. The van der Waals surface area contributed by atoms with Gasteiger partial charge in [-0.05, 0) is 29.7 Å². The number of urea groups is 1. The van der Waals surface area contributed by atoms with Gasteiger partial charge >= 0.3 is 6.03 Å². The van der Waals surface area contributed by atoms with Gasteiger partial charge in [-0.15, -0.1) is 0 Å². The molecule has 0 atom stereocenters. The van der Waals surface area contributed by atoms with Crippen LogP contribution in [0.25, 0.3) is 0 Å². The van der Waals surface area contributed by atoms with Gasteiger partial charge in [0.25, 0.3) is 0 Å². The standard InChI is InChI=1S/C23H30N4O2/c1-25(2)22(28)18-20-8-10-21(11-9-20)24-23(29)27-16-14-26(15-17-27)13-12-19-6-4-3-5-7-19/h3-11H,12-18H2,1-2H3,(H,24,29). The van der Waals surface area contributed by atoms with E-state index in [-0.39, 0.29) is 11.9 Å². The van der Waals surface area contributed by atoms with Crippen molar-refractivity contribution >= 4 is 17.6 Å². The second-order valence-electron chi connectivity index (χ2n) is 7.66. The molecule has 1 fully saturated rings. The van der Waals surface area contributed by atoms with E-state index in [1.54, 1.807) is 19.0 Å². The average molecular weight is 395 g/mol. The van der Waals surface area contributed by atoms with Crippen LogP contribution in [-0.4, -0.2) is 73.5 Å². The number of rotatable bonds is 6. The third-order valence-electron chi connectivity index (χ3n) is 5.28. The van der Waals surface area contributed by atoms with Crippen molar-refractivity contribution in [2.75, 3.05) is 52.1 Å². The normalized spacial score (nSPS) is 14.5. The number of likely N-dealkylation sites (N-methyl/N-ethyl adjacent to an activating group) is 1. The van der Waals surface area contributed by atoms with Crippen LogP contribution in [0.15, 0.2) is 54.6 Å². The lowest BCUT2D eigenvalue weighted by Gasteiger charge is -2.34. The van der Waals surface area contributed by atoms with Crippen molar-refractivity contribution in [2.45, 2.75) is 12.8 Å². The van der Waals surface area contributed by atoms with Crippen LogP contribution < -0.4 is 5.32 Å². The minimum absolute atomic E-state index is 0.0620. The van der Waals surface area contributed by atoms with Crippen molar-refractivity contribution in [3.05, 3.63) is 65.7 Å². The number of benzene rings is 2. The SMILES string of the molecule is CN(C)C(=O)Cc1ccc(NC(=O)N2CCN(CCc3ccccc3)CC2)cc1. The van der Waals surface area contributed by atoms with E-state index in [1.807, 2.05) is 35.2 Å². The Balaban J connectivity index is 1.42. The van der Waals surface area contributed by atoms with E-state index in [9.17, 15) is 9.59 Å². The molecule has 2 aromatic carbocycles. The summed E-state index contributed by atoms with van der Waals surface area (Å²) in [5.74, 6) is 0.0620. The van der Waals surface area contributed by atoms with Crippen LogP contribution in [0.5, 0.6) is 0 Å². The fourth-order valence-electron chi connectivity index (χ4n) is 3.35. The van der Waals surface area contributed by atoms with Crippen molar-refractivity contribution in [1.82, 2.24) is 14.7 Å². The molecule has 6 nitrogen and oxygen atoms in total. The molecule has 0 radical (unpaired) electrons.